The van der Waals surface area contributed by atoms with E-state index in [0.717, 1.165) is 22.3 Å². The molecule has 3 heterocycles. The number of para-hydroxylation sites is 1. The molecule has 4 rings (SSSR count). The number of aromatic amines is 1. The van der Waals surface area contributed by atoms with Crippen LogP contribution in [0.1, 0.15) is 5.82 Å². The molecule has 0 amide bonds. The molecule has 0 saturated heterocycles. The van der Waals surface area contributed by atoms with E-state index in [1.807, 2.05) is 48.3 Å². The van der Waals surface area contributed by atoms with Gasteiger partial charge in [-0.3, -0.25) is 0 Å². The zero-order valence-electron chi connectivity index (χ0n) is 11.9. The number of aryl methyl sites for hydroxylation is 1. The molecule has 0 spiro atoms. The summed E-state index contributed by atoms with van der Waals surface area (Å²) in [4.78, 5) is 7.49. The molecule has 22 heavy (non-hydrogen) atoms. The van der Waals surface area contributed by atoms with Crippen LogP contribution in [-0.2, 0) is 12.8 Å². The Morgan fingerprint density at radius 2 is 2.18 bits per heavy atom. The number of aromatic nitrogens is 5. The van der Waals surface area contributed by atoms with Crippen LogP contribution in [-0.4, -0.2) is 24.7 Å². The number of thioether (sulfide) groups is 1. The number of hydrogen-bond donors (Lipinski definition) is 1. The van der Waals surface area contributed by atoms with Gasteiger partial charge in [-0.15, -0.1) is 10.2 Å². The van der Waals surface area contributed by atoms with E-state index in [-0.39, 0.29) is 0 Å². The first-order valence-corrected chi connectivity index (χ1v) is 7.79. The third-order valence-electron chi connectivity index (χ3n) is 3.47. The molecule has 0 aliphatic rings. The summed E-state index contributed by atoms with van der Waals surface area (Å²) in [6.07, 6.45) is 5.59. The van der Waals surface area contributed by atoms with E-state index in [0.29, 0.717) is 16.9 Å². The van der Waals surface area contributed by atoms with Crippen molar-refractivity contribution >= 4 is 22.7 Å². The van der Waals surface area contributed by atoms with Gasteiger partial charge in [-0.2, -0.15) is 0 Å². The zero-order chi connectivity index (χ0) is 14.9. The molecule has 110 valence electrons. The molecule has 0 saturated carbocycles. The summed E-state index contributed by atoms with van der Waals surface area (Å²) in [5.41, 5.74) is 1.98. The van der Waals surface area contributed by atoms with E-state index in [9.17, 15) is 0 Å². The summed E-state index contributed by atoms with van der Waals surface area (Å²) in [7, 11) is 1.97. The highest BCUT2D eigenvalue weighted by atomic mass is 32.2. The van der Waals surface area contributed by atoms with Crippen LogP contribution >= 0.6 is 11.8 Å². The van der Waals surface area contributed by atoms with E-state index >= 15 is 0 Å². The van der Waals surface area contributed by atoms with Gasteiger partial charge in [0.2, 0.25) is 0 Å². The molecule has 0 aliphatic heterocycles. The standard InChI is InChI=1S/C15H13N5OS/c1-20-7-6-16-13(20)9-22-15-19-18-14(21-15)11-8-17-12-5-3-2-4-10(11)12/h2-8,17H,9H2,1H3. The van der Waals surface area contributed by atoms with Gasteiger partial charge in [-0.1, -0.05) is 30.0 Å². The van der Waals surface area contributed by atoms with Gasteiger partial charge in [0.1, 0.15) is 5.82 Å². The van der Waals surface area contributed by atoms with Crippen LogP contribution < -0.4 is 0 Å². The van der Waals surface area contributed by atoms with Crippen LogP contribution in [0, 0.1) is 0 Å². The van der Waals surface area contributed by atoms with Crippen LogP contribution in [0.3, 0.4) is 0 Å². The van der Waals surface area contributed by atoms with Gasteiger partial charge in [0.25, 0.3) is 11.1 Å². The summed E-state index contributed by atoms with van der Waals surface area (Å²) in [6.45, 7) is 0. The highest BCUT2D eigenvalue weighted by Gasteiger charge is 2.14. The molecule has 0 unspecified atom stereocenters. The maximum atomic E-state index is 5.76. The lowest BCUT2D eigenvalue weighted by molar-refractivity contribution is 0.466. The molecule has 1 aromatic carbocycles. The van der Waals surface area contributed by atoms with Crippen LogP contribution in [0.25, 0.3) is 22.4 Å². The summed E-state index contributed by atoms with van der Waals surface area (Å²) in [5, 5.41) is 9.87. The zero-order valence-corrected chi connectivity index (χ0v) is 12.7. The molecule has 0 fully saturated rings. The number of fused-ring (bicyclic) bond motifs is 1. The van der Waals surface area contributed by atoms with Gasteiger partial charge in [0.05, 0.1) is 11.3 Å². The topological polar surface area (TPSA) is 72.5 Å². The Balaban J connectivity index is 1.57. The maximum Gasteiger partial charge on any atom is 0.277 e. The number of H-pyrrole nitrogens is 1. The Hall–Kier alpha value is -2.54. The van der Waals surface area contributed by atoms with Gasteiger partial charge < -0.3 is 14.0 Å². The lowest BCUT2D eigenvalue weighted by Crippen LogP contribution is -1.94. The molecule has 6 nitrogen and oxygen atoms in total. The summed E-state index contributed by atoms with van der Waals surface area (Å²) < 4.78 is 7.73. The minimum Gasteiger partial charge on any atom is -0.411 e. The molecular weight excluding hydrogens is 298 g/mol. The van der Waals surface area contributed by atoms with Crippen molar-refractivity contribution in [1.29, 1.82) is 0 Å². The first kappa shape index (κ1) is 13.1. The third kappa shape index (κ3) is 2.29. The van der Waals surface area contributed by atoms with Crippen molar-refractivity contribution in [2.24, 2.45) is 7.05 Å². The number of benzene rings is 1. The van der Waals surface area contributed by atoms with Crippen LogP contribution in [0.2, 0.25) is 0 Å². The molecule has 4 aromatic rings. The molecular formula is C15H13N5OS. The summed E-state index contributed by atoms with van der Waals surface area (Å²) in [5.74, 6) is 2.19. The Labute approximate surface area is 130 Å². The maximum absolute atomic E-state index is 5.76. The quantitative estimate of drug-likeness (QED) is 0.586. The fourth-order valence-electron chi connectivity index (χ4n) is 2.29. The second-order valence-corrected chi connectivity index (χ2v) is 5.79. The largest absolute Gasteiger partial charge is 0.411 e. The van der Waals surface area contributed by atoms with Crippen molar-refractivity contribution in [3.8, 4) is 11.5 Å². The number of rotatable bonds is 4. The highest BCUT2D eigenvalue weighted by molar-refractivity contribution is 7.98. The second kappa shape index (κ2) is 5.34. The van der Waals surface area contributed by atoms with E-state index in [2.05, 4.69) is 20.2 Å². The van der Waals surface area contributed by atoms with Crippen LogP contribution in [0.5, 0.6) is 0 Å². The van der Waals surface area contributed by atoms with Gasteiger partial charge in [0.15, 0.2) is 0 Å². The fraction of sp³-hybridized carbons (Fsp3) is 0.133. The molecule has 0 radical (unpaired) electrons. The minimum absolute atomic E-state index is 0.528. The van der Waals surface area contributed by atoms with Crippen LogP contribution in [0.4, 0.5) is 0 Å². The fourth-order valence-corrected chi connectivity index (χ4v) is 3.05. The van der Waals surface area contributed by atoms with Gasteiger partial charge in [-0.05, 0) is 6.07 Å². The highest BCUT2D eigenvalue weighted by Crippen LogP contribution is 2.30. The second-order valence-electron chi connectivity index (χ2n) is 4.86. The van der Waals surface area contributed by atoms with E-state index < -0.39 is 0 Å². The monoisotopic (exact) mass is 311 g/mol. The number of imidazole rings is 1. The molecule has 0 atom stereocenters. The van der Waals surface area contributed by atoms with E-state index in [4.69, 9.17) is 4.42 Å². The van der Waals surface area contributed by atoms with E-state index in [1.165, 1.54) is 11.8 Å². The smallest absolute Gasteiger partial charge is 0.277 e. The minimum atomic E-state index is 0.528. The Morgan fingerprint density at radius 1 is 1.27 bits per heavy atom. The predicted octanol–water partition coefficient (Wildman–Crippen LogP) is 3.24. The Morgan fingerprint density at radius 3 is 3.05 bits per heavy atom. The van der Waals surface area contributed by atoms with Crippen molar-refractivity contribution in [2.75, 3.05) is 0 Å². The lowest BCUT2D eigenvalue weighted by Gasteiger charge is -1.97. The third-order valence-corrected chi connectivity index (χ3v) is 4.29. The van der Waals surface area contributed by atoms with Crippen LogP contribution in [0.15, 0.2) is 52.5 Å². The molecule has 7 heteroatoms. The Bertz CT molecular complexity index is 923. The first-order chi connectivity index (χ1) is 10.8. The van der Waals surface area contributed by atoms with Crippen molar-refractivity contribution in [3.63, 3.8) is 0 Å². The Kier molecular flexibility index (Phi) is 3.19. The summed E-state index contributed by atoms with van der Waals surface area (Å²) in [6, 6.07) is 8.04. The number of nitrogens with zero attached hydrogens (tertiary/aromatic N) is 4. The van der Waals surface area contributed by atoms with Crippen molar-refractivity contribution in [3.05, 3.63) is 48.7 Å². The molecule has 0 aliphatic carbocycles. The normalized spacial score (nSPS) is 11.3. The van der Waals surface area contributed by atoms with Crippen molar-refractivity contribution in [2.45, 2.75) is 11.0 Å². The van der Waals surface area contributed by atoms with E-state index in [1.54, 1.807) is 6.20 Å². The summed E-state index contributed by atoms with van der Waals surface area (Å²) >= 11 is 1.48. The van der Waals surface area contributed by atoms with Crippen molar-refractivity contribution < 1.29 is 4.42 Å². The van der Waals surface area contributed by atoms with Gasteiger partial charge in [-0.25, -0.2) is 4.98 Å². The molecule has 0 bridgehead atoms. The van der Waals surface area contributed by atoms with Gasteiger partial charge in [0, 0.05) is 36.5 Å². The SMILES string of the molecule is Cn1ccnc1CSc1nnc(-c2c[nH]c3ccccc23)o1. The molecule has 3 aromatic heterocycles. The average Bonchev–Trinajstić information content (AvgIpc) is 3.24. The average molecular weight is 311 g/mol. The number of hydrogen-bond acceptors (Lipinski definition) is 5. The number of nitrogens with one attached hydrogen (secondary N) is 1. The molecule has 1 N–H and O–H groups in total. The first-order valence-electron chi connectivity index (χ1n) is 6.80. The lowest BCUT2D eigenvalue weighted by atomic mass is 10.2. The predicted molar refractivity (Wildman–Crippen MR) is 84.4 cm³/mol. The van der Waals surface area contributed by atoms with Gasteiger partial charge >= 0.3 is 0 Å². The van der Waals surface area contributed by atoms with Crippen molar-refractivity contribution in [1.82, 2.24) is 24.7 Å².